The van der Waals surface area contributed by atoms with Crippen molar-refractivity contribution in [1.29, 1.82) is 0 Å². The summed E-state index contributed by atoms with van der Waals surface area (Å²) < 4.78 is 0. The molecule has 23 heavy (non-hydrogen) atoms. The highest BCUT2D eigenvalue weighted by Gasteiger charge is 2.31. The maximum atomic E-state index is 10.3. The van der Waals surface area contributed by atoms with Crippen LogP contribution in [0.2, 0.25) is 0 Å². The number of hydrogen-bond acceptors (Lipinski definition) is 6. The molecule has 0 aliphatic carbocycles. The van der Waals surface area contributed by atoms with E-state index in [2.05, 4.69) is 26.8 Å². The minimum Gasteiger partial charge on any atom is -0.391 e. The number of aromatic amines is 1. The average Bonchev–Trinajstić information content (AvgIpc) is 3.09. The topological polar surface area (TPSA) is 91.1 Å². The summed E-state index contributed by atoms with van der Waals surface area (Å²) in [6.07, 6.45) is 5.71. The van der Waals surface area contributed by atoms with E-state index in [0.29, 0.717) is 11.7 Å². The summed E-state index contributed by atoms with van der Waals surface area (Å²) in [7, 11) is 0. The Morgan fingerprint density at radius 1 is 1.43 bits per heavy atom. The average molecular weight is 335 g/mol. The van der Waals surface area contributed by atoms with Crippen LogP contribution in [0.4, 0.5) is 5.82 Å². The van der Waals surface area contributed by atoms with Gasteiger partial charge < -0.3 is 15.8 Å². The first-order valence-corrected chi connectivity index (χ1v) is 9.39. The van der Waals surface area contributed by atoms with E-state index in [0.717, 1.165) is 42.0 Å². The molecule has 1 aliphatic rings. The molecule has 7 heteroatoms. The Morgan fingerprint density at radius 3 is 3.13 bits per heavy atom. The van der Waals surface area contributed by atoms with Crippen LogP contribution >= 0.6 is 11.8 Å². The summed E-state index contributed by atoms with van der Waals surface area (Å²) in [6.45, 7) is 4.66. The van der Waals surface area contributed by atoms with Crippen LogP contribution in [0.1, 0.15) is 25.3 Å². The second-order valence-corrected chi connectivity index (χ2v) is 7.40. The number of nitrogens with zero attached hydrogens (tertiary/aromatic N) is 3. The number of β-amino-alcohol motifs (C(OH)–C–C–N with tert-alkyl or cyclic N) is 1. The Hall–Kier alpha value is -1.31. The quantitative estimate of drug-likeness (QED) is 0.669. The molecule has 2 atom stereocenters. The molecule has 0 unspecified atom stereocenters. The lowest BCUT2D eigenvalue weighted by molar-refractivity contribution is 0.149. The first kappa shape index (κ1) is 16.5. The Morgan fingerprint density at radius 2 is 2.30 bits per heavy atom. The van der Waals surface area contributed by atoms with Crippen molar-refractivity contribution < 1.29 is 5.11 Å². The van der Waals surface area contributed by atoms with E-state index in [1.807, 2.05) is 18.0 Å². The fraction of sp³-hybridized carbons (Fsp3) is 0.625. The Labute approximate surface area is 140 Å². The van der Waals surface area contributed by atoms with Crippen molar-refractivity contribution in [3.05, 3.63) is 18.1 Å². The van der Waals surface area contributed by atoms with Gasteiger partial charge in [0.2, 0.25) is 0 Å². The van der Waals surface area contributed by atoms with Crippen LogP contribution in [0.15, 0.2) is 12.5 Å². The van der Waals surface area contributed by atoms with Crippen LogP contribution in [0.5, 0.6) is 0 Å². The number of aromatic nitrogens is 3. The number of rotatable bonds is 7. The Balaban J connectivity index is 1.59. The van der Waals surface area contributed by atoms with E-state index in [-0.39, 0.29) is 6.10 Å². The number of nitrogen functional groups attached to an aromatic ring is 1. The number of aliphatic hydroxyl groups is 1. The SMILES string of the molecule is CCCCSC[C@@H]1CN(Cc2c[nH]c3c(N)ncnc23)C[C@@H]1O. The fourth-order valence-electron chi connectivity index (χ4n) is 3.09. The van der Waals surface area contributed by atoms with Gasteiger partial charge in [0.05, 0.1) is 11.6 Å². The van der Waals surface area contributed by atoms with Crippen LogP contribution in [-0.4, -0.2) is 55.7 Å². The first-order chi connectivity index (χ1) is 11.2. The van der Waals surface area contributed by atoms with Crippen molar-refractivity contribution in [3.63, 3.8) is 0 Å². The second kappa shape index (κ2) is 7.51. The first-order valence-electron chi connectivity index (χ1n) is 8.23. The smallest absolute Gasteiger partial charge is 0.151 e. The largest absolute Gasteiger partial charge is 0.391 e. The van der Waals surface area contributed by atoms with Gasteiger partial charge in [-0.05, 0) is 17.9 Å². The van der Waals surface area contributed by atoms with E-state index in [1.54, 1.807) is 0 Å². The van der Waals surface area contributed by atoms with E-state index < -0.39 is 0 Å². The van der Waals surface area contributed by atoms with Gasteiger partial charge in [-0.15, -0.1) is 0 Å². The summed E-state index contributed by atoms with van der Waals surface area (Å²) in [6, 6.07) is 0. The van der Waals surface area contributed by atoms with E-state index in [9.17, 15) is 5.11 Å². The number of thioether (sulfide) groups is 1. The minimum atomic E-state index is -0.228. The number of fused-ring (bicyclic) bond motifs is 1. The van der Waals surface area contributed by atoms with Gasteiger partial charge in [-0.25, -0.2) is 9.97 Å². The van der Waals surface area contributed by atoms with E-state index >= 15 is 0 Å². The molecule has 2 aromatic rings. The van der Waals surface area contributed by atoms with Gasteiger partial charge in [-0.2, -0.15) is 11.8 Å². The van der Waals surface area contributed by atoms with Crippen molar-refractivity contribution in [2.45, 2.75) is 32.4 Å². The molecule has 0 saturated carbocycles. The van der Waals surface area contributed by atoms with Gasteiger partial charge in [-0.3, -0.25) is 4.90 Å². The maximum Gasteiger partial charge on any atom is 0.151 e. The number of likely N-dealkylation sites (tertiary alicyclic amines) is 1. The number of aliphatic hydroxyl groups excluding tert-OH is 1. The molecule has 6 nitrogen and oxygen atoms in total. The van der Waals surface area contributed by atoms with Crippen LogP contribution in [0.3, 0.4) is 0 Å². The number of anilines is 1. The second-order valence-electron chi connectivity index (χ2n) is 6.25. The molecule has 3 rings (SSSR count). The number of nitrogens with two attached hydrogens (primary N) is 1. The van der Waals surface area contributed by atoms with E-state index in [1.165, 1.54) is 24.9 Å². The molecule has 0 amide bonds. The molecule has 1 saturated heterocycles. The molecule has 1 aliphatic heterocycles. The van der Waals surface area contributed by atoms with Gasteiger partial charge in [0.15, 0.2) is 5.82 Å². The van der Waals surface area contributed by atoms with Crippen LogP contribution in [0, 0.1) is 5.92 Å². The van der Waals surface area contributed by atoms with Gasteiger partial charge in [0.25, 0.3) is 0 Å². The molecular formula is C16H25N5OS. The predicted octanol–water partition coefficient (Wildman–Crippen LogP) is 1.87. The normalized spacial score (nSPS) is 22.2. The third-order valence-electron chi connectivity index (χ3n) is 4.42. The summed E-state index contributed by atoms with van der Waals surface area (Å²) >= 11 is 1.96. The Kier molecular flexibility index (Phi) is 5.40. The summed E-state index contributed by atoms with van der Waals surface area (Å²) in [5.41, 5.74) is 8.66. The van der Waals surface area contributed by atoms with Crippen molar-refractivity contribution in [3.8, 4) is 0 Å². The number of nitrogens with one attached hydrogen (secondary N) is 1. The van der Waals surface area contributed by atoms with Gasteiger partial charge in [0, 0.05) is 37.3 Å². The molecule has 0 bridgehead atoms. The molecular weight excluding hydrogens is 310 g/mol. The van der Waals surface area contributed by atoms with Crippen LogP contribution < -0.4 is 5.73 Å². The molecule has 3 heterocycles. The molecule has 1 fully saturated rings. The number of H-pyrrole nitrogens is 1. The van der Waals surface area contributed by atoms with Crippen molar-refractivity contribution in [1.82, 2.24) is 19.9 Å². The minimum absolute atomic E-state index is 0.228. The third kappa shape index (κ3) is 3.79. The van der Waals surface area contributed by atoms with Crippen molar-refractivity contribution >= 4 is 28.6 Å². The predicted molar refractivity (Wildman–Crippen MR) is 95.3 cm³/mol. The highest BCUT2D eigenvalue weighted by Crippen LogP contribution is 2.26. The molecule has 0 radical (unpaired) electrons. The standard InChI is InChI=1S/C16H25N5OS/c1-2-3-4-23-9-12-7-21(8-13(12)22)6-11-5-18-15-14(11)19-10-20-16(15)17/h5,10,12-13,18,22H,2-4,6-9H2,1H3,(H2,17,19,20)/t12-,13-/m0/s1. The molecule has 4 N–H and O–H groups in total. The summed E-state index contributed by atoms with van der Waals surface area (Å²) in [4.78, 5) is 13.8. The lowest BCUT2D eigenvalue weighted by atomic mass is 10.1. The van der Waals surface area contributed by atoms with Crippen LogP contribution in [0.25, 0.3) is 11.0 Å². The zero-order valence-corrected chi connectivity index (χ0v) is 14.4. The van der Waals surface area contributed by atoms with E-state index in [4.69, 9.17) is 5.73 Å². The van der Waals surface area contributed by atoms with Gasteiger partial charge >= 0.3 is 0 Å². The zero-order valence-electron chi connectivity index (χ0n) is 13.5. The molecule has 0 aromatic carbocycles. The molecule has 126 valence electrons. The van der Waals surface area contributed by atoms with Gasteiger partial charge in [0.1, 0.15) is 11.8 Å². The number of hydrogen-bond donors (Lipinski definition) is 3. The highest BCUT2D eigenvalue weighted by molar-refractivity contribution is 7.99. The zero-order chi connectivity index (χ0) is 16.2. The summed E-state index contributed by atoms with van der Waals surface area (Å²) in [5.74, 6) is 3.08. The third-order valence-corrected chi connectivity index (χ3v) is 5.66. The van der Waals surface area contributed by atoms with Crippen molar-refractivity contribution in [2.24, 2.45) is 5.92 Å². The van der Waals surface area contributed by atoms with Crippen LogP contribution in [-0.2, 0) is 6.54 Å². The maximum absolute atomic E-state index is 10.3. The Bertz CT molecular complexity index is 646. The lowest BCUT2D eigenvalue weighted by Crippen LogP contribution is -2.21. The monoisotopic (exact) mass is 335 g/mol. The van der Waals surface area contributed by atoms with Gasteiger partial charge in [-0.1, -0.05) is 13.3 Å². The molecule has 2 aromatic heterocycles. The number of unbranched alkanes of at least 4 members (excludes halogenated alkanes) is 1. The summed E-state index contributed by atoms with van der Waals surface area (Å²) in [5, 5.41) is 10.3. The molecule has 0 spiro atoms. The fourth-order valence-corrected chi connectivity index (χ4v) is 4.38. The van der Waals surface area contributed by atoms with Crippen molar-refractivity contribution in [2.75, 3.05) is 30.3 Å². The lowest BCUT2D eigenvalue weighted by Gasteiger charge is -2.14. The highest BCUT2D eigenvalue weighted by atomic mass is 32.2.